The van der Waals surface area contributed by atoms with Crippen LogP contribution in [0.5, 0.6) is 0 Å². The fourth-order valence-electron chi connectivity index (χ4n) is 1.91. The molecule has 1 saturated carbocycles. The van der Waals surface area contributed by atoms with Crippen LogP contribution in [-0.2, 0) is 4.79 Å². The van der Waals surface area contributed by atoms with Crippen LogP contribution < -0.4 is 5.73 Å². The Morgan fingerprint density at radius 3 is 2.31 bits per heavy atom. The van der Waals surface area contributed by atoms with E-state index in [0.29, 0.717) is 12.8 Å². The number of rotatable bonds is 4. The van der Waals surface area contributed by atoms with Gasteiger partial charge in [0.1, 0.15) is 0 Å². The first-order chi connectivity index (χ1) is 7.31. The monoisotopic (exact) mass is 238 g/mol. The largest absolute Gasteiger partial charge is 0.390 e. The lowest BCUT2D eigenvalue weighted by Gasteiger charge is -2.41. The Morgan fingerprint density at radius 1 is 1.44 bits per heavy atom. The molecule has 0 aromatic heterocycles. The number of amides is 1. The first-order valence-corrected chi connectivity index (χ1v) is 5.33. The molecule has 0 radical (unpaired) electrons. The summed E-state index contributed by atoms with van der Waals surface area (Å²) in [4.78, 5) is 13.0. The van der Waals surface area contributed by atoms with Gasteiger partial charge in [-0.05, 0) is 12.8 Å². The van der Waals surface area contributed by atoms with Crippen molar-refractivity contribution in [2.75, 3.05) is 20.1 Å². The first kappa shape index (κ1) is 13.3. The highest BCUT2D eigenvalue weighted by molar-refractivity contribution is 5.83. The predicted molar refractivity (Wildman–Crippen MR) is 53.6 cm³/mol. The van der Waals surface area contributed by atoms with Gasteiger partial charge in [0.25, 0.3) is 0 Å². The third-order valence-corrected chi connectivity index (χ3v) is 3.23. The van der Waals surface area contributed by atoms with Crippen LogP contribution in [0.4, 0.5) is 13.2 Å². The van der Waals surface area contributed by atoms with Crippen LogP contribution in [0.1, 0.15) is 25.7 Å². The highest BCUT2D eigenvalue weighted by Crippen LogP contribution is 2.41. The third-order valence-electron chi connectivity index (χ3n) is 3.23. The van der Waals surface area contributed by atoms with Crippen molar-refractivity contribution in [3.63, 3.8) is 0 Å². The van der Waals surface area contributed by atoms with Gasteiger partial charge in [-0.15, -0.1) is 0 Å². The quantitative estimate of drug-likeness (QED) is 0.807. The van der Waals surface area contributed by atoms with Crippen LogP contribution in [-0.4, -0.2) is 37.1 Å². The summed E-state index contributed by atoms with van der Waals surface area (Å²) < 4.78 is 36.0. The standard InChI is InChI=1S/C10H17F3N2O/c1-15(6-5-10(11,12)13)8(16)9(7-14)3-2-4-9/h2-7,14H2,1H3. The maximum absolute atomic E-state index is 12.0. The van der Waals surface area contributed by atoms with Crippen molar-refractivity contribution in [2.45, 2.75) is 31.9 Å². The molecule has 1 aliphatic carbocycles. The summed E-state index contributed by atoms with van der Waals surface area (Å²) in [5, 5.41) is 0. The smallest absolute Gasteiger partial charge is 0.345 e. The Morgan fingerprint density at radius 2 is 2.00 bits per heavy atom. The maximum Gasteiger partial charge on any atom is 0.390 e. The van der Waals surface area contributed by atoms with Crippen LogP contribution in [0.2, 0.25) is 0 Å². The van der Waals surface area contributed by atoms with Crippen molar-refractivity contribution in [1.82, 2.24) is 4.90 Å². The molecule has 1 fully saturated rings. The van der Waals surface area contributed by atoms with Gasteiger partial charge in [0.15, 0.2) is 0 Å². The summed E-state index contributed by atoms with van der Waals surface area (Å²) in [6.45, 7) is -0.0632. The molecule has 1 amide bonds. The number of halogens is 3. The highest BCUT2D eigenvalue weighted by atomic mass is 19.4. The van der Waals surface area contributed by atoms with Gasteiger partial charge < -0.3 is 10.6 Å². The van der Waals surface area contributed by atoms with Crippen molar-refractivity contribution in [3.8, 4) is 0 Å². The van der Waals surface area contributed by atoms with E-state index in [1.165, 1.54) is 7.05 Å². The molecule has 0 aromatic carbocycles. The van der Waals surface area contributed by atoms with Gasteiger partial charge in [-0.3, -0.25) is 4.79 Å². The van der Waals surface area contributed by atoms with Crippen LogP contribution in [0, 0.1) is 5.41 Å². The van der Waals surface area contributed by atoms with E-state index in [9.17, 15) is 18.0 Å². The van der Waals surface area contributed by atoms with Crippen molar-refractivity contribution < 1.29 is 18.0 Å². The molecular weight excluding hydrogens is 221 g/mol. The van der Waals surface area contributed by atoms with Gasteiger partial charge in [-0.25, -0.2) is 0 Å². The molecule has 0 bridgehead atoms. The Bertz CT molecular complexity index is 256. The molecule has 0 atom stereocenters. The fraction of sp³-hybridized carbons (Fsp3) is 0.900. The minimum Gasteiger partial charge on any atom is -0.345 e. The zero-order chi connectivity index (χ0) is 12.4. The number of alkyl halides is 3. The summed E-state index contributed by atoms with van der Waals surface area (Å²) >= 11 is 0. The number of hydrogen-bond acceptors (Lipinski definition) is 2. The van der Waals surface area contributed by atoms with Crippen LogP contribution in [0.25, 0.3) is 0 Å². The van der Waals surface area contributed by atoms with Crippen molar-refractivity contribution in [3.05, 3.63) is 0 Å². The van der Waals surface area contributed by atoms with E-state index < -0.39 is 18.0 Å². The molecule has 16 heavy (non-hydrogen) atoms. The van der Waals surface area contributed by atoms with Gasteiger partial charge >= 0.3 is 6.18 Å². The average Bonchev–Trinajstić information content (AvgIpc) is 2.12. The molecule has 3 nitrogen and oxygen atoms in total. The van der Waals surface area contributed by atoms with Gasteiger partial charge in [0.2, 0.25) is 5.91 Å². The lowest BCUT2D eigenvalue weighted by Crippen LogP contribution is -2.51. The van der Waals surface area contributed by atoms with Gasteiger partial charge in [-0.2, -0.15) is 13.2 Å². The molecule has 6 heteroatoms. The second kappa shape index (κ2) is 4.61. The van der Waals surface area contributed by atoms with Gasteiger partial charge in [0.05, 0.1) is 11.8 Å². The normalized spacial score (nSPS) is 19.1. The van der Waals surface area contributed by atoms with Crippen LogP contribution >= 0.6 is 0 Å². The van der Waals surface area contributed by atoms with Crippen molar-refractivity contribution >= 4 is 5.91 Å². The molecule has 0 aliphatic heterocycles. The zero-order valence-electron chi connectivity index (χ0n) is 9.31. The number of nitrogens with zero attached hydrogens (tertiary/aromatic N) is 1. The number of carbonyl (C=O) groups is 1. The average molecular weight is 238 g/mol. The van der Waals surface area contributed by atoms with E-state index in [-0.39, 0.29) is 19.0 Å². The van der Waals surface area contributed by atoms with E-state index in [4.69, 9.17) is 5.73 Å². The maximum atomic E-state index is 12.0. The number of carbonyl (C=O) groups excluding carboxylic acids is 1. The molecule has 0 spiro atoms. The van der Waals surface area contributed by atoms with Gasteiger partial charge in [0, 0.05) is 20.1 Å². The van der Waals surface area contributed by atoms with E-state index in [1.54, 1.807) is 0 Å². The van der Waals surface area contributed by atoms with Crippen molar-refractivity contribution in [2.24, 2.45) is 11.1 Å². The first-order valence-electron chi connectivity index (χ1n) is 5.33. The zero-order valence-corrected chi connectivity index (χ0v) is 9.31. The summed E-state index contributed by atoms with van der Waals surface area (Å²) in [5.41, 5.74) is 4.94. The molecule has 0 aromatic rings. The van der Waals surface area contributed by atoms with E-state index in [1.807, 2.05) is 0 Å². The Hall–Kier alpha value is -0.780. The molecular formula is C10H17F3N2O. The van der Waals surface area contributed by atoms with Crippen LogP contribution in [0.15, 0.2) is 0 Å². The fourth-order valence-corrected chi connectivity index (χ4v) is 1.91. The van der Waals surface area contributed by atoms with Crippen molar-refractivity contribution in [1.29, 1.82) is 0 Å². The molecule has 94 valence electrons. The lowest BCUT2D eigenvalue weighted by atomic mass is 9.68. The molecule has 0 saturated heterocycles. The Kier molecular flexibility index (Phi) is 3.83. The molecule has 2 N–H and O–H groups in total. The summed E-state index contributed by atoms with van der Waals surface area (Å²) in [6.07, 6.45) is -2.87. The highest BCUT2D eigenvalue weighted by Gasteiger charge is 2.44. The number of nitrogens with two attached hydrogens (primary N) is 1. The molecule has 0 heterocycles. The van der Waals surface area contributed by atoms with E-state index in [2.05, 4.69) is 0 Å². The summed E-state index contributed by atoms with van der Waals surface area (Å²) in [7, 11) is 1.41. The SMILES string of the molecule is CN(CCC(F)(F)F)C(=O)C1(CN)CCC1. The van der Waals surface area contributed by atoms with Crippen LogP contribution in [0.3, 0.4) is 0 Å². The number of hydrogen-bond donors (Lipinski definition) is 1. The third kappa shape index (κ3) is 2.87. The van der Waals surface area contributed by atoms with E-state index in [0.717, 1.165) is 11.3 Å². The summed E-state index contributed by atoms with van der Waals surface area (Å²) in [6, 6.07) is 0. The lowest BCUT2D eigenvalue weighted by molar-refractivity contribution is -0.153. The second-order valence-corrected chi connectivity index (χ2v) is 4.43. The topological polar surface area (TPSA) is 46.3 Å². The second-order valence-electron chi connectivity index (χ2n) is 4.43. The van der Waals surface area contributed by atoms with E-state index >= 15 is 0 Å². The molecule has 1 rings (SSSR count). The summed E-state index contributed by atoms with van der Waals surface area (Å²) in [5.74, 6) is -0.245. The minimum absolute atomic E-state index is 0.224. The Balaban J connectivity index is 2.47. The minimum atomic E-state index is -4.22. The molecule has 1 aliphatic rings. The Labute approximate surface area is 92.8 Å². The molecule has 0 unspecified atom stereocenters. The predicted octanol–water partition coefficient (Wildman–Crippen LogP) is 1.53. The van der Waals surface area contributed by atoms with Gasteiger partial charge in [-0.1, -0.05) is 6.42 Å².